The molecular weight excluding hydrogens is 166 g/mol. The molecule has 0 saturated carbocycles. The molecule has 0 aromatic carbocycles. The van der Waals surface area contributed by atoms with Crippen molar-refractivity contribution in [2.75, 3.05) is 5.75 Å². The first-order chi connectivity index (χ1) is 5.02. The molecular formula is C6H13NO3S. The molecule has 0 aliphatic carbocycles. The number of carbonyl (C=O) groups excluding carboxylic acids is 1. The largest absolute Gasteiger partial charge is 0.278 e. The number of amides is 1. The molecule has 0 radical (unpaired) electrons. The second-order valence-electron chi connectivity index (χ2n) is 2.53. The van der Waals surface area contributed by atoms with Crippen LogP contribution < -0.4 is 4.72 Å². The molecule has 0 aromatic heterocycles. The van der Waals surface area contributed by atoms with Crippen LogP contribution in [0, 0.1) is 5.92 Å². The maximum absolute atomic E-state index is 10.9. The molecule has 0 heterocycles. The van der Waals surface area contributed by atoms with Gasteiger partial charge in [-0.25, -0.2) is 8.42 Å². The molecule has 0 bridgehead atoms. The summed E-state index contributed by atoms with van der Waals surface area (Å²) in [5.74, 6) is 0.106. The molecule has 4 nitrogen and oxygen atoms in total. The highest BCUT2D eigenvalue weighted by Gasteiger charge is 2.12. The lowest BCUT2D eigenvalue weighted by Gasteiger charge is -2.06. The number of rotatable bonds is 5. The molecule has 66 valence electrons. The lowest BCUT2D eigenvalue weighted by atomic mass is 10.2. The van der Waals surface area contributed by atoms with E-state index in [1.54, 1.807) is 4.72 Å². The number of hydrogen-bond acceptors (Lipinski definition) is 3. The average molecular weight is 179 g/mol. The minimum absolute atomic E-state index is 0.0161. The van der Waals surface area contributed by atoms with Crippen molar-refractivity contribution >= 4 is 16.4 Å². The average Bonchev–Trinajstić information content (AvgIpc) is 1.86. The van der Waals surface area contributed by atoms with Crippen molar-refractivity contribution < 1.29 is 13.2 Å². The minimum Gasteiger partial charge on any atom is -0.278 e. The van der Waals surface area contributed by atoms with E-state index in [9.17, 15) is 13.2 Å². The predicted octanol–water partition coefficient (Wildman–Crippen LogP) is 0.108. The summed E-state index contributed by atoms with van der Waals surface area (Å²) < 4.78 is 23.5. The topological polar surface area (TPSA) is 63.2 Å². The fourth-order valence-electron chi connectivity index (χ4n) is 0.614. The van der Waals surface area contributed by atoms with Gasteiger partial charge in [0.05, 0.1) is 5.75 Å². The fourth-order valence-corrected chi connectivity index (χ4v) is 1.84. The first-order valence-corrected chi connectivity index (χ1v) is 5.10. The molecule has 5 heteroatoms. The van der Waals surface area contributed by atoms with Crippen LogP contribution in [0.1, 0.15) is 20.3 Å². The molecule has 0 fully saturated rings. The van der Waals surface area contributed by atoms with E-state index in [0.29, 0.717) is 0 Å². The Labute approximate surface area is 67.0 Å². The van der Waals surface area contributed by atoms with Crippen LogP contribution in [0.15, 0.2) is 0 Å². The van der Waals surface area contributed by atoms with Gasteiger partial charge in [-0.2, -0.15) is 0 Å². The zero-order valence-electron chi connectivity index (χ0n) is 6.70. The second kappa shape index (κ2) is 4.33. The molecule has 1 amide bonds. The summed E-state index contributed by atoms with van der Waals surface area (Å²) in [5, 5.41) is 0. The van der Waals surface area contributed by atoms with Gasteiger partial charge in [0.2, 0.25) is 16.4 Å². The minimum atomic E-state index is -3.36. The van der Waals surface area contributed by atoms with E-state index >= 15 is 0 Å². The maximum atomic E-state index is 10.9. The maximum Gasteiger partial charge on any atom is 0.234 e. The van der Waals surface area contributed by atoms with E-state index in [2.05, 4.69) is 0 Å². The Hall–Kier alpha value is -0.580. The van der Waals surface area contributed by atoms with Crippen molar-refractivity contribution in [3.05, 3.63) is 0 Å². The van der Waals surface area contributed by atoms with Crippen LogP contribution in [-0.4, -0.2) is 20.6 Å². The van der Waals surface area contributed by atoms with Crippen molar-refractivity contribution in [2.24, 2.45) is 5.92 Å². The Balaban J connectivity index is 4.02. The van der Waals surface area contributed by atoms with E-state index in [1.807, 2.05) is 13.8 Å². The molecule has 11 heavy (non-hydrogen) atoms. The number of sulfonamides is 1. The normalized spacial score (nSPS) is 14.0. The van der Waals surface area contributed by atoms with Gasteiger partial charge in [-0.1, -0.05) is 20.3 Å². The zero-order chi connectivity index (χ0) is 8.91. The van der Waals surface area contributed by atoms with E-state index in [0.717, 1.165) is 6.42 Å². The molecule has 0 aliphatic rings. The molecule has 0 aliphatic heterocycles. The summed E-state index contributed by atoms with van der Waals surface area (Å²) in [7, 11) is -3.36. The highest BCUT2D eigenvalue weighted by molar-refractivity contribution is 7.89. The van der Waals surface area contributed by atoms with Crippen LogP contribution in [0.4, 0.5) is 0 Å². The third-order valence-electron chi connectivity index (χ3n) is 1.43. The van der Waals surface area contributed by atoms with E-state index < -0.39 is 10.0 Å². The van der Waals surface area contributed by atoms with Crippen molar-refractivity contribution in [1.82, 2.24) is 4.72 Å². The van der Waals surface area contributed by atoms with E-state index in [-0.39, 0.29) is 18.1 Å². The molecule has 0 saturated heterocycles. The molecule has 1 atom stereocenters. The predicted molar refractivity (Wildman–Crippen MR) is 42.4 cm³/mol. The third kappa shape index (κ3) is 4.78. The van der Waals surface area contributed by atoms with Gasteiger partial charge in [0.1, 0.15) is 0 Å². The molecule has 1 N–H and O–H groups in total. The van der Waals surface area contributed by atoms with Crippen LogP contribution >= 0.6 is 0 Å². The first kappa shape index (κ1) is 10.4. The van der Waals surface area contributed by atoms with Crippen LogP contribution in [-0.2, 0) is 14.8 Å². The van der Waals surface area contributed by atoms with Crippen molar-refractivity contribution in [3.8, 4) is 0 Å². The van der Waals surface area contributed by atoms with Gasteiger partial charge in [0.15, 0.2) is 0 Å². The van der Waals surface area contributed by atoms with Crippen LogP contribution in [0.25, 0.3) is 0 Å². The Kier molecular flexibility index (Phi) is 4.10. The van der Waals surface area contributed by atoms with Crippen LogP contribution in [0.3, 0.4) is 0 Å². The summed E-state index contributed by atoms with van der Waals surface area (Å²) in [4.78, 5) is 9.80. The number of hydrogen-bond donors (Lipinski definition) is 1. The number of nitrogens with one attached hydrogen (secondary N) is 1. The summed E-state index contributed by atoms with van der Waals surface area (Å²) >= 11 is 0. The van der Waals surface area contributed by atoms with E-state index in [1.165, 1.54) is 0 Å². The Bertz CT molecular complexity index is 210. The highest BCUT2D eigenvalue weighted by Crippen LogP contribution is 2.02. The summed E-state index contributed by atoms with van der Waals surface area (Å²) in [5.41, 5.74) is 0. The van der Waals surface area contributed by atoms with Gasteiger partial charge >= 0.3 is 0 Å². The highest BCUT2D eigenvalue weighted by atomic mass is 32.2. The van der Waals surface area contributed by atoms with Crippen molar-refractivity contribution in [2.45, 2.75) is 20.3 Å². The van der Waals surface area contributed by atoms with Crippen LogP contribution in [0.5, 0.6) is 0 Å². The molecule has 1 unspecified atom stereocenters. The Morgan fingerprint density at radius 3 is 2.45 bits per heavy atom. The van der Waals surface area contributed by atoms with Crippen LogP contribution in [0.2, 0.25) is 0 Å². The summed E-state index contributed by atoms with van der Waals surface area (Å²) in [6.07, 6.45) is 0.984. The molecule has 0 rings (SSSR count). The third-order valence-corrected chi connectivity index (χ3v) is 2.89. The zero-order valence-corrected chi connectivity index (χ0v) is 7.52. The van der Waals surface area contributed by atoms with Crippen molar-refractivity contribution in [3.63, 3.8) is 0 Å². The lowest BCUT2D eigenvalue weighted by molar-refractivity contribution is -0.108. The second-order valence-corrected chi connectivity index (χ2v) is 4.33. The van der Waals surface area contributed by atoms with Gasteiger partial charge in [-0.05, 0) is 5.92 Å². The Morgan fingerprint density at radius 1 is 1.55 bits per heavy atom. The van der Waals surface area contributed by atoms with Crippen molar-refractivity contribution in [1.29, 1.82) is 0 Å². The van der Waals surface area contributed by atoms with Gasteiger partial charge in [0, 0.05) is 0 Å². The SMILES string of the molecule is CCC(C)CS(=O)(=O)NC=O. The monoisotopic (exact) mass is 179 g/mol. The Morgan fingerprint density at radius 2 is 2.09 bits per heavy atom. The smallest absolute Gasteiger partial charge is 0.234 e. The summed E-state index contributed by atoms with van der Waals surface area (Å²) in [6.45, 7) is 3.73. The first-order valence-electron chi connectivity index (χ1n) is 3.45. The van der Waals surface area contributed by atoms with Gasteiger partial charge in [-0.15, -0.1) is 0 Å². The van der Waals surface area contributed by atoms with Gasteiger partial charge < -0.3 is 0 Å². The lowest BCUT2D eigenvalue weighted by Crippen LogP contribution is -2.27. The molecule has 0 spiro atoms. The van der Waals surface area contributed by atoms with Gasteiger partial charge in [-0.3, -0.25) is 9.52 Å². The quantitative estimate of drug-likeness (QED) is 0.609. The fraction of sp³-hybridized carbons (Fsp3) is 0.833. The molecule has 0 aromatic rings. The van der Waals surface area contributed by atoms with E-state index in [4.69, 9.17) is 0 Å². The number of carbonyl (C=O) groups is 1. The standard InChI is InChI=1S/C6H13NO3S/c1-3-6(2)4-11(9,10)7-5-8/h5-6H,3-4H2,1-2H3,(H,7,8). The van der Waals surface area contributed by atoms with Gasteiger partial charge in [0.25, 0.3) is 0 Å². The summed E-state index contributed by atoms with van der Waals surface area (Å²) in [6, 6.07) is 0.